The molecular formula is C14H20BrN. The van der Waals surface area contributed by atoms with E-state index in [4.69, 9.17) is 0 Å². The van der Waals surface area contributed by atoms with E-state index in [9.17, 15) is 0 Å². The lowest BCUT2D eigenvalue weighted by Crippen LogP contribution is -2.31. The molecule has 2 rings (SSSR count). The van der Waals surface area contributed by atoms with Crippen LogP contribution >= 0.6 is 15.9 Å². The molecule has 0 saturated heterocycles. The summed E-state index contributed by atoms with van der Waals surface area (Å²) in [6, 6.07) is 8.89. The third-order valence-electron chi connectivity index (χ3n) is 3.35. The summed E-state index contributed by atoms with van der Waals surface area (Å²) in [6.45, 7) is 5.97. The summed E-state index contributed by atoms with van der Waals surface area (Å²) < 4.78 is 0. The van der Waals surface area contributed by atoms with Crippen LogP contribution in [0, 0.1) is 5.92 Å². The summed E-state index contributed by atoms with van der Waals surface area (Å²) in [7, 11) is 0. The van der Waals surface area contributed by atoms with E-state index in [1.54, 1.807) is 11.1 Å². The zero-order valence-corrected chi connectivity index (χ0v) is 11.5. The van der Waals surface area contributed by atoms with Crippen molar-refractivity contribution in [3.05, 3.63) is 35.4 Å². The molecule has 1 nitrogen and oxygen atoms in total. The quantitative estimate of drug-likeness (QED) is 0.770. The van der Waals surface area contributed by atoms with Gasteiger partial charge >= 0.3 is 0 Å². The second-order valence-corrected chi connectivity index (χ2v) is 5.48. The van der Waals surface area contributed by atoms with Crippen molar-refractivity contribution < 1.29 is 0 Å². The van der Waals surface area contributed by atoms with Crippen LogP contribution in [-0.4, -0.2) is 29.9 Å². The standard InChI is InChI=1S/C14H20BrN/c1-12(10-15)11-16-8-6-13-4-2-3-5-14(13)7-9-16/h2-5,12H,6-11H2,1H3. The molecular weight excluding hydrogens is 262 g/mol. The number of halogens is 1. The SMILES string of the molecule is CC(CBr)CN1CCc2ccccc2CC1. The number of hydrogen-bond donors (Lipinski definition) is 0. The minimum absolute atomic E-state index is 0.751. The Balaban J connectivity index is 1.97. The number of nitrogens with zero attached hydrogens (tertiary/aromatic N) is 1. The number of fused-ring (bicyclic) bond motifs is 1. The molecule has 1 unspecified atom stereocenters. The molecule has 0 N–H and O–H groups in total. The first-order chi connectivity index (χ1) is 7.79. The van der Waals surface area contributed by atoms with E-state index in [2.05, 4.69) is 52.0 Å². The van der Waals surface area contributed by atoms with Gasteiger partial charge in [0.15, 0.2) is 0 Å². The molecule has 0 spiro atoms. The van der Waals surface area contributed by atoms with E-state index >= 15 is 0 Å². The van der Waals surface area contributed by atoms with Crippen LogP contribution in [0.2, 0.25) is 0 Å². The van der Waals surface area contributed by atoms with Crippen LogP contribution in [0.15, 0.2) is 24.3 Å². The Hall–Kier alpha value is -0.340. The first kappa shape index (κ1) is 12.1. The van der Waals surface area contributed by atoms with Gasteiger partial charge < -0.3 is 4.90 Å². The lowest BCUT2D eigenvalue weighted by atomic mass is 10.0. The van der Waals surface area contributed by atoms with Gasteiger partial charge in [0.1, 0.15) is 0 Å². The Kier molecular flexibility index (Phi) is 4.42. The Bertz CT molecular complexity index is 310. The highest BCUT2D eigenvalue weighted by Gasteiger charge is 2.14. The summed E-state index contributed by atoms with van der Waals surface area (Å²) in [5.74, 6) is 0.751. The smallest absolute Gasteiger partial charge is 0.00692 e. The number of alkyl halides is 1. The fourth-order valence-electron chi connectivity index (χ4n) is 2.39. The molecule has 1 atom stereocenters. The van der Waals surface area contributed by atoms with Gasteiger partial charge in [-0.1, -0.05) is 47.1 Å². The van der Waals surface area contributed by atoms with Gasteiger partial charge in [0, 0.05) is 25.0 Å². The average molecular weight is 282 g/mol. The van der Waals surface area contributed by atoms with Gasteiger partial charge in [0.05, 0.1) is 0 Å². The van der Waals surface area contributed by atoms with Crippen molar-refractivity contribution >= 4 is 15.9 Å². The molecule has 0 radical (unpaired) electrons. The Morgan fingerprint density at radius 1 is 1.19 bits per heavy atom. The highest BCUT2D eigenvalue weighted by Crippen LogP contribution is 2.16. The fourth-order valence-corrected chi connectivity index (χ4v) is 2.59. The van der Waals surface area contributed by atoms with Crippen molar-refractivity contribution in [2.45, 2.75) is 19.8 Å². The van der Waals surface area contributed by atoms with Crippen molar-refractivity contribution in [1.82, 2.24) is 4.90 Å². The third-order valence-corrected chi connectivity index (χ3v) is 4.45. The predicted octanol–water partition coefficient (Wildman–Crippen LogP) is 3.12. The van der Waals surface area contributed by atoms with Crippen molar-refractivity contribution in [1.29, 1.82) is 0 Å². The topological polar surface area (TPSA) is 3.24 Å². The van der Waals surface area contributed by atoms with Crippen molar-refractivity contribution in [2.75, 3.05) is 25.0 Å². The maximum Gasteiger partial charge on any atom is 0.00692 e. The molecule has 1 heterocycles. The fraction of sp³-hybridized carbons (Fsp3) is 0.571. The van der Waals surface area contributed by atoms with E-state index in [1.807, 2.05) is 0 Å². The van der Waals surface area contributed by atoms with Gasteiger partial charge in [-0.15, -0.1) is 0 Å². The second-order valence-electron chi connectivity index (χ2n) is 4.83. The van der Waals surface area contributed by atoms with E-state index in [-0.39, 0.29) is 0 Å². The highest BCUT2D eigenvalue weighted by atomic mass is 79.9. The summed E-state index contributed by atoms with van der Waals surface area (Å²) in [5.41, 5.74) is 3.10. The molecule has 0 fully saturated rings. The third kappa shape index (κ3) is 3.08. The van der Waals surface area contributed by atoms with Crippen LogP contribution in [0.5, 0.6) is 0 Å². The summed E-state index contributed by atoms with van der Waals surface area (Å²) in [5, 5.41) is 1.11. The van der Waals surface area contributed by atoms with Gasteiger partial charge in [0.25, 0.3) is 0 Å². The van der Waals surface area contributed by atoms with Crippen LogP contribution in [0.1, 0.15) is 18.1 Å². The molecule has 2 heteroatoms. The van der Waals surface area contributed by atoms with Gasteiger partial charge in [-0.3, -0.25) is 0 Å². The van der Waals surface area contributed by atoms with Crippen LogP contribution < -0.4 is 0 Å². The normalized spacial score (nSPS) is 18.9. The summed E-state index contributed by atoms with van der Waals surface area (Å²) >= 11 is 3.56. The largest absolute Gasteiger partial charge is 0.302 e. The van der Waals surface area contributed by atoms with E-state index < -0.39 is 0 Å². The van der Waals surface area contributed by atoms with Crippen LogP contribution in [0.25, 0.3) is 0 Å². The Labute approximate surface area is 107 Å². The second kappa shape index (κ2) is 5.83. The molecule has 0 amide bonds. The molecule has 0 saturated carbocycles. The molecule has 0 aromatic heterocycles. The molecule has 0 aliphatic carbocycles. The summed E-state index contributed by atoms with van der Waals surface area (Å²) in [6.07, 6.45) is 2.43. The minimum atomic E-state index is 0.751. The van der Waals surface area contributed by atoms with E-state index in [0.29, 0.717) is 0 Å². The highest BCUT2D eigenvalue weighted by molar-refractivity contribution is 9.09. The zero-order chi connectivity index (χ0) is 11.4. The van der Waals surface area contributed by atoms with Gasteiger partial charge in [-0.05, 0) is 29.9 Å². The molecule has 1 aromatic rings. The van der Waals surface area contributed by atoms with Crippen molar-refractivity contribution in [3.63, 3.8) is 0 Å². The van der Waals surface area contributed by atoms with E-state index in [1.165, 1.54) is 32.5 Å². The lowest BCUT2D eigenvalue weighted by molar-refractivity contribution is 0.258. The first-order valence-electron chi connectivity index (χ1n) is 6.14. The van der Waals surface area contributed by atoms with Gasteiger partial charge in [0.2, 0.25) is 0 Å². The van der Waals surface area contributed by atoms with Crippen LogP contribution in [0.3, 0.4) is 0 Å². The lowest BCUT2D eigenvalue weighted by Gasteiger charge is -2.22. The molecule has 1 aromatic carbocycles. The van der Waals surface area contributed by atoms with Crippen LogP contribution in [-0.2, 0) is 12.8 Å². The molecule has 0 bridgehead atoms. The maximum absolute atomic E-state index is 3.56. The monoisotopic (exact) mass is 281 g/mol. The Morgan fingerprint density at radius 2 is 1.75 bits per heavy atom. The van der Waals surface area contributed by atoms with Crippen LogP contribution in [0.4, 0.5) is 0 Å². The zero-order valence-electron chi connectivity index (χ0n) is 9.95. The minimum Gasteiger partial charge on any atom is -0.302 e. The molecule has 16 heavy (non-hydrogen) atoms. The Morgan fingerprint density at radius 3 is 2.25 bits per heavy atom. The predicted molar refractivity (Wildman–Crippen MR) is 73.2 cm³/mol. The number of hydrogen-bond acceptors (Lipinski definition) is 1. The van der Waals surface area contributed by atoms with E-state index in [0.717, 1.165) is 11.2 Å². The average Bonchev–Trinajstić information content (AvgIpc) is 2.52. The van der Waals surface area contributed by atoms with Crippen molar-refractivity contribution in [2.24, 2.45) is 5.92 Å². The van der Waals surface area contributed by atoms with Gasteiger partial charge in [-0.25, -0.2) is 0 Å². The molecule has 1 aliphatic rings. The maximum atomic E-state index is 3.56. The van der Waals surface area contributed by atoms with Gasteiger partial charge in [-0.2, -0.15) is 0 Å². The van der Waals surface area contributed by atoms with Crippen molar-refractivity contribution in [3.8, 4) is 0 Å². The number of benzene rings is 1. The number of rotatable bonds is 3. The molecule has 1 aliphatic heterocycles. The summed E-state index contributed by atoms with van der Waals surface area (Å²) in [4.78, 5) is 2.60. The molecule has 88 valence electrons. The first-order valence-corrected chi connectivity index (χ1v) is 7.27.